The van der Waals surface area contributed by atoms with Crippen LogP contribution < -0.4 is 9.21 Å². The van der Waals surface area contributed by atoms with E-state index in [2.05, 4.69) is 11.0 Å². The molecule has 0 unspecified atom stereocenters. The highest BCUT2D eigenvalue weighted by molar-refractivity contribution is 7.93. The summed E-state index contributed by atoms with van der Waals surface area (Å²) in [6.07, 6.45) is 7.20. The first-order chi connectivity index (χ1) is 17.4. The molecule has 1 N–H and O–H groups in total. The number of aliphatic hydroxyl groups excluding tert-OH is 1. The first kappa shape index (κ1) is 23.7. The van der Waals surface area contributed by atoms with Crippen LogP contribution in [0.2, 0.25) is 0 Å². The lowest BCUT2D eigenvalue weighted by Gasteiger charge is -2.36. The average Bonchev–Trinajstić information content (AvgIpc) is 3.80. The van der Waals surface area contributed by atoms with Gasteiger partial charge in [0.05, 0.1) is 29.7 Å². The lowest BCUT2D eigenvalue weighted by molar-refractivity contribution is 0.0741. The zero-order chi connectivity index (χ0) is 25.0. The molecule has 3 heterocycles. The zero-order valence-corrected chi connectivity index (χ0v) is 21.0. The number of carbonyl (C=O) groups excluding carboxylic acids is 1. The number of benzene rings is 1. The summed E-state index contributed by atoms with van der Waals surface area (Å²) in [7, 11) is -3.61. The van der Waals surface area contributed by atoms with Crippen molar-refractivity contribution in [2.75, 3.05) is 47.7 Å². The van der Waals surface area contributed by atoms with Crippen molar-refractivity contribution < 1.29 is 22.7 Å². The van der Waals surface area contributed by atoms with E-state index in [9.17, 15) is 18.3 Å². The van der Waals surface area contributed by atoms with Gasteiger partial charge < -0.3 is 14.9 Å². The van der Waals surface area contributed by atoms with Gasteiger partial charge >= 0.3 is 0 Å². The molecule has 0 bridgehead atoms. The summed E-state index contributed by atoms with van der Waals surface area (Å²) in [5.41, 5.74) is 2.74. The minimum Gasteiger partial charge on any atom is -0.394 e. The van der Waals surface area contributed by atoms with Crippen LogP contribution in [0, 0.1) is 5.82 Å². The second kappa shape index (κ2) is 8.99. The van der Waals surface area contributed by atoms with Crippen molar-refractivity contribution in [2.45, 2.75) is 50.0 Å². The van der Waals surface area contributed by atoms with Crippen molar-refractivity contribution in [3.63, 3.8) is 0 Å². The summed E-state index contributed by atoms with van der Waals surface area (Å²) in [5.74, 6) is 1.03. The van der Waals surface area contributed by atoms with Gasteiger partial charge in [0.1, 0.15) is 11.6 Å². The molecule has 2 aliphatic carbocycles. The van der Waals surface area contributed by atoms with Gasteiger partial charge in [0.2, 0.25) is 10.0 Å². The quantitative estimate of drug-likeness (QED) is 0.637. The van der Waals surface area contributed by atoms with E-state index in [0.29, 0.717) is 38.0 Å². The first-order valence-corrected chi connectivity index (χ1v) is 14.4. The first-order valence-electron chi connectivity index (χ1n) is 12.8. The molecule has 36 heavy (non-hydrogen) atoms. The number of hydrogen-bond donors (Lipinski definition) is 1. The summed E-state index contributed by atoms with van der Waals surface area (Å²) in [6, 6.07) is 5.61. The number of pyridine rings is 1. The molecule has 8 nitrogen and oxygen atoms in total. The molecule has 0 spiro atoms. The molecule has 2 aliphatic heterocycles. The number of carbonyl (C=O) groups is 1. The number of piperazine rings is 1. The number of sulfonamides is 1. The van der Waals surface area contributed by atoms with E-state index in [-0.39, 0.29) is 30.0 Å². The maximum absolute atomic E-state index is 15.0. The van der Waals surface area contributed by atoms with E-state index >= 15 is 4.39 Å². The van der Waals surface area contributed by atoms with Gasteiger partial charge in [0.25, 0.3) is 5.91 Å². The highest BCUT2D eigenvalue weighted by atomic mass is 32.2. The van der Waals surface area contributed by atoms with Crippen molar-refractivity contribution in [1.29, 1.82) is 0 Å². The number of aliphatic hydroxyl groups is 1. The van der Waals surface area contributed by atoms with Gasteiger partial charge in [0, 0.05) is 32.4 Å². The van der Waals surface area contributed by atoms with Crippen LogP contribution in [0.4, 0.5) is 15.9 Å². The van der Waals surface area contributed by atoms with E-state index in [4.69, 9.17) is 4.98 Å². The standard InChI is InChI=1S/C26H31FN4O4S/c27-24-14-20(31-21(16-32)7-12-36(31,34)35)5-6-22(24)26(33)30-10-8-29(9-11-30)25-23(18-3-4-18)13-19(15-28-25)17-1-2-17/h5-6,13-15,17-18,21,32H,1-4,7-12,16H2/t21-/m0/s1. The minimum atomic E-state index is -3.61. The number of anilines is 2. The molecule has 4 fully saturated rings. The highest BCUT2D eigenvalue weighted by Gasteiger charge is 2.38. The van der Waals surface area contributed by atoms with E-state index in [1.807, 2.05) is 6.20 Å². The Morgan fingerprint density at radius 1 is 1.03 bits per heavy atom. The molecule has 0 radical (unpaired) electrons. The molecule has 1 aromatic heterocycles. The van der Waals surface area contributed by atoms with Crippen LogP contribution in [-0.4, -0.2) is 73.9 Å². The molecule has 1 amide bonds. The Bertz CT molecular complexity index is 1290. The fraction of sp³-hybridized carbons (Fsp3) is 0.538. The topological polar surface area (TPSA) is 94.0 Å². The summed E-state index contributed by atoms with van der Waals surface area (Å²) in [4.78, 5) is 21.8. The molecular formula is C26H31FN4O4S. The van der Waals surface area contributed by atoms with Gasteiger partial charge in [-0.3, -0.25) is 9.10 Å². The lowest BCUT2D eigenvalue weighted by Crippen LogP contribution is -2.49. The van der Waals surface area contributed by atoms with Crippen LogP contribution in [0.5, 0.6) is 0 Å². The van der Waals surface area contributed by atoms with Crippen molar-refractivity contribution in [1.82, 2.24) is 9.88 Å². The monoisotopic (exact) mass is 514 g/mol. The van der Waals surface area contributed by atoms with E-state index in [0.717, 1.165) is 16.2 Å². The number of rotatable bonds is 6. The molecule has 4 aliphatic rings. The van der Waals surface area contributed by atoms with Gasteiger partial charge in [-0.15, -0.1) is 0 Å². The summed E-state index contributed by atoms with van der Waals surface area (Å²) in [5, 5.41) is 9.54. The fourth-order valence-electron chi connectivity index (χ4n) is 5.46. The Labute approximate surface area is 210 Å². The summed E-state index contributed by atoms with van der Waals surface area (Å²) < 4.78 is 40.9. The predicted molar refractivity (Wildman–Crippen MR) is 134 cm³/mol. The summed E-state index contributed by atoms with van der Waals surface area (Å²) >= 11 is 0. The largest absolute Gasteiger partial charge is 0.394 e. The molecule has 2 saturated heterocycles. The average molecular weight is 515 g/mol. The third-order valence-corrected chi connectivity index (χ3v) is 9.70. The molecule has 6 rings (SSSR count). The number of aromatic nitrogens is 1. The zero-order valence-electron chi connectivity index (χ0n) is 20.1. The van der Waals surface area contributed by atoms with Gasteiger partial charge in [-0.1, -0.05) is 6.07 Å². The third kappa shape index (κ3) is 4.34. The molecule has 10 heteroatoms. The molecule has 1 aromatic carbocycles. The number of nitrogens with zero attached hydrogens (tertiary/aromatic N) is 4. The lowest BCUT2D eigenvalue weighted by atomic mass is 10.1. The Hall–Kier alpha value is -2.72. The van der Waals surface area contributed by atoms with Crippen molar-refractivity contribution in [2.24, 2.45) is 0 Å². The van der Waals surface area contributed by atoms with Crippen molar-refractivity contribution >= 4 is 27.4 Å². The Morgan fingerprint density at radius 2 is 1.75 bits per heavy atom. The normalized spacial score (nSPS) is 23.8. The van der Waals surface area contributed by atoms with Crippen molar-refractivity contribution in [3.05, 3.63) is 53.0 Å². The van der Waals surface area contributed by atoms with Gasteiger partial charge in [-0.25, -0.2) is 17.8 Å². The molecular weight excluding hydrogens is 483 g/mol. The maximum Gasteiger partial charge on any atom is 0.256 e. The number of hydrogen-bond acceptors (Lipinski definition) is 6. The molecule has 192 valence electrons. The second-order valence-electron chi connectivity index (χ2n) is 10.4. The van der Waals surface area contributed by atoms with Crippen molar-refractivity contribution in [3.8, 4) is 0 Å². The van der Waals surface area contributed by atoms with Crippen LogP contribution in [0.15, 0.2) is 30.5 Å². The SMILES string of the molecule is O=C(c1ccc(N2[C@H](CO)CCS2(=O)=O)cc1F)N1CCN(c2ncc(C3CC3)cc2C2CC2)CC1. The smallest absolute Gasteiger partial charge is 0.256 e. The number of halogens is 1. The second-order valence-corrected chi connectivity index (χ2v) is 12.4. The van der Waals surface area contributed by atoms with Gasteiger partial charge in [0.15, 0.2) is 0 Å². The Kier molecular flexibility index (Phi) is 5.91. The van der Waals surface area contributed by atoms with E-state index in [1.54, 1.807) is 4.90 Å². The van der Waals surface area contributed by atoms with E-state index in [1.165, 1.54) is 48.9 Å². The third-order valence-electron chi connectivity index (χ3n) is 7.84. The fourth-order valence-corrected chi connectivity index (χ4v) is 7.29. The van der Waals surface area contributed by atoms with Gasteiger partial charge in [-0.05, 0) is 73.3 Å². The van der Waals surface area contributed by atoms with Crippen LogP contribution in [0.1, 0.15) is 65.4 Å². The predicted octanol–water partition coefficient (Wildman–Crippen LogP) is 2.84. The maximum atomic E-state index is 15.0. The minimum absolute atomic E-state index is 0.0741. The van der Waals surface area contributed by atoms with Crippen LogP contribution in [0.25, 0.3) is 0 Å². The molecule has 2 aromatic rings. The van der Waals surface area contributed by atoms with Crippen LogP contribution >= 0.6 is 0 Å². The number of amides is 1. The Balaban J connectivity index is 1.15. The van der Waals surface area contributed by atoms with Crippen LogP contribution in [0.3, 0.4) is 0 Å². The molecule has 2 saturated carbocycles. The van der Waals surface area contributed by atoms with Gasteiger partial charge in [-0.2, -0.15) is 0 Å². The van der Waals surface area contributed by atoms with Crippen LogP contribution in [-0.2, 0) is 10.0 Å². The summed E-state index contributed by atoms with van der Waals surface area (Å²) in [6.45, 7) is 1.84. The molecule has 1 atom stereocenters. The Morgan fingerprint density at radius 3 is 2.39 bits per heavy atom. The van der Waals surface area contributed by atoms with E-state index < -0.39 is 27.8 Å². The highest BCUT2D eigenvalue weighted by Crippen LogP contribution is 2.47.